The summed E-state index contributed by atoms with van der Waals surface area (Å²) in [7, 11) is 0. The second kappa shape index (κ2) is 4.73. The Hall–Kier alpha value is -1.58. The van der Waals surface area contributed by atoms with E-state index >= 15 is 0 Å². The number of fused-ring (bicyclic) bond motifs is 1. The number of aromatic nitrogens is 1. The van der Waals surface area contributed by atoms with Crippen LogP contribution in [-0.2, 0) is 9.53 Å². The highest BCUT2D eigenvalue weighted by Gasteiger charge is 2.39. The molecule has 92 valence electrons. The van der Waals surface area contributed by atoms with E-state index in [4.69, 9.17) is 9.47 Å². The first kappa shape index (κ1) is 11.9. The summed E-state index contributed by atoms with van der Waals surface area (Å²) < 4.78 is 10.8. The summed E-state index contributed by atoms with van der Waals surface area (Å²) in [5, 5.41) is 0. The number of ether oxygens (including phenoxy) is 2. The molecule has 4 heteroatoms. The molecule has 3 atom stereocenters. The van der Waals surface area contributed by atoms with E-state index in [2.05, 4.69) is 4.98 Å². The molecule has 0 bridgehead atoms. The fraction of sp³-hybridized carbons (Fsp3) is 0.538. The summed E-state index contributed by atoms with van der Waals surface area (Å²) in [6.07, 6.45) is 1.68. The van der Waals surface area contributed by atoms with E-state index in [-0.39, 0.29) is 23.9 Å². The zero-order valence-corrected chi connectivity index (χ0v) is 10.3. The second-order valence-electron chi connectivity index (χ2n) is 4.28. The molecule has 0 fully saturated rings. The lowest BCUT2D eigenvalue weighted by Gasteiger charge is -2.20. The van der Waals surface area contributed by atoms with Gasteiger partial charge in [-0.15, -0.1) is 0 Å². The van der Waals surface area contributed by atoms with Crippen LogP contribution in [-0.4, -0.2) is 23.7 Å². The number of hydrogen-bond acceptors (Lipinski definition) is 4. The monoisotopic (exact) mass is 235 g/mol. The first-order valence-electron chi connectivity index (χ1n) is 5.93. The number of carbonyl (C=O) groups is 1. The molecule has 2 rings (SSSR count). The van der Waals surface area contributed by atoms with Crippen LogP contribution in [0.3, 0.4) is 0 Å². The molecule has 1 aromatic heterocycles. The molecule has 1 aliphatic heterocycles. The normalized spacial score (nSPS) is 23.7. The number of hydrogen-bond donors (Lipinski definition) is 0. The van der Waals surface area contributed by atoms with Gasteiger partial charge >= 0.3 is 5.97 Å². The summed E-state index contributed by atoms with van der Waals surface area (Å²) in [6, 6.07) is 3.72. The third kappa shape index (κ3) is 2.12. The lowest BCUT2D eigenvalue weighted by atomic mass is 9.88. The highest BCUT2D eigenvalue weighted by Crippen LogP contribution is 2.41. The largest absolute Gasteiger partial charge is 0.488 e. The van der Waals surface area contributed by atoms with Crippen molar-refractivity contribution < 1.29 is 14.3 Å². The van der Waals surface area contributed by atoms with Crippen molar-refractivity contribution in [1.82, 2.24) is 4.98 Å². The molecular formula is C13H17NO3. The molecule has 1 aliphatic rings. The maximum Gasteiger partial charge on any atom is 0.309 e. The van der Waals surface area contributed by atoms with E-state index in [1.54, 1.807) is 6.20 Å². The maximum atomic E-state index is 11.8. The van der Waals surface area contributed by atoms with Gasteiger partial charge in [0, 0.05) is 6.20 Å². The van der Waals surface area contributed by atoms with Gasteiger partial charge in [0.2, 0.25) is 0 Å². The zero-order chi connectivity index (χ0) is 12.4. The quantitative estimate of drug-likeness (QED) is 0.753. The Bertz CT molecular complexity index is 419. The van der Waals surface area contributed by atoms with Gasteiger partial charge in [0.1, 0.15) is 11.9 Å². The first-order chi connectivity index (χ1) is 8.15. The molecule has 0 amide bonds. The lowest BCUT2D eigenvalue weighted by molar-refractivity contribution is -0.148. The number of pyridine rings is 1. The van der Waals surface area contributed by atoms with Gasteiger partial charge in [-0.25, -0.2) is 0 Å². The molecule has 0 aromatic carbocycles. The molecule has 0 radical (unpaired) electrons. The molecule has 0 N–H and O–H groups in total. The minimum absolute atomic E-state index is 0.0229. The van der Waals surface area contributed by atoms with Gasteiger partial charge in [-0.1, -0.05) is 6.92 Å². The number of nitrogens with zero attached hydrogens (tertiary/aromatic N) is 1. The summed E-state index contributed by atoms with van der Waals surface area (Å²) in [6.45, 7) is 6.04. The Morgan fingerprint density at radius 1 is 1.65 bits per heavy atom. The van der Waals surface area contributed by atoms with Crippen LogP contribution in [0.25, 0.3) is 0 Å². The van der Waals surface area contributed by atoms with Crippen molar-refractivity contribution >= 4 is 5.97 Å². The molecule has 0 spiro atoms. The predicted molar refractivity (Wildman–Crippen MR) is 62.9 cm³/mol. The Morgan fingerprint density at radius 3 is 3.12 bits per heavy atom. The summed E-state index contributed by atoms with van der Waals surface area (Å²) in [4.78, 5) is 16.1. The number of carbonyl (C=O) groups excluding carboxylic acids is 1. The molecular weight excluding hydrogens is 218 g/mol. The van der Waals surface area contributed by atoms with Crippen LogP contribution in [0, 0.1) is 5.92 Å². The molecule has 17 heavy (non-hydrogen) atoms. The third-order valence-corrected chi connectivity index (χ3v) is 3.13. The Labute approximate surface area is 101 Å². The van der Waals surface area contributed by atoms with Crippen molar-refractivity contribution in [1.29, 1.82) is 0 Å². The van der Waals surface area contributed by atoms with Gasteiger partial charge in [-0.3, -0.25) is 9.78 Å². The molecule has 0 saturated carbocycles. The van der Waals surface area contributed by atoms with E-state index in [9.17, 15) is 4.79 Å². The van der Waals surface area contributed by atoms with Crippen LogP contribution < -0.4 is 4.74 Å². The smallest absolute Gasteiger partial charge is 0.309 e. The fourth-order valence-electron chi connectivity index (χ4n) is 2.31. The Balaban J connectivity index is 2.24. The van der Waals surface area contributed by atoms with Gasteiger partial charge in [0.15, 0.2) is 0 Å². The van der Waals surface area contributed by atoms with E-state index in [1.807, 2.05) is 32.9 Å². The number of esters is 1. The number of rotatable bonds is 3. The second-order valence-corrected chi connectivity index (χ2v) is 4.28. The Kier molecular flexibility index (Phi) is 3.31. The van der Waals surface area contributed by atoms with E-state index in [0.29, 0.717) is 6.61 Å². The van der Waals surface area contributed by atoms with Gasteiger partial charge in [0.25, 0.3) is 0 Å². The minimum Gasteiger partial charge on any atom is -0.488 e. The van der Waals surface area contributed by atoms with Gasteiger partial charge < -0.3 is 9.47 Å². The van der Waals surface area contributed by atoms with Crippen molar-refractivity contribution in [2.75, 3.05) is 6.61 Å². The SMILES string of the molecule is CCOC(=O)[C@@H](C)[C@H]1c2ncccc2O[C@@H]1C. The van der Waals surface area contributed by atoms with Crippen LogP contribution in [0.2, 0.25) is 0 Å². The van der Waals surface area contributed by atoms with Gasteiger partial charge in [0.05, 0.1) is 24.1 Å². The van der Waals surface area contributed by atoms with E-state index in [0.717, 1.165) is 11.4 Å². The van der Waals surface area contributed by atoms with Crippen LogP contribution >= 0.6 is 0 Å². The van der Waals surface area contributed by atoms with E-state index < -0.39 is 0 Å². The van der Waals surface area contributed by atoms with Crippen molar-refractivity contribution in [3.05, 3.63) is 24.0 Å². The fourth-order valence-corrected chi connectivity index (χ4v) is 2.31. The van der Waals surface area contributed by atoms with Crippen LogP contribution in [0.15, 0.2) is 18.3 Å². The molecule has 0 saturated heterocycles. The first-order valence-corrected chi connectivity index (χ1v) is 5.93. The summed E-state index contributed by atoms with van der Waals surface area (Å²) in [5.41, 5.74) is 0.862. The third-order valence-electron chi connectivity index (χ3n) is 3.13. The van der Waals surface area contributed by atoms with Gasteiger partial charge in [-0.2, -0.15) is 0 Å². The van der Waals surface area contributed by atoms with Gasteiger partial charge in [-0.05, 0) is 26.0 Å². The maximum absolute atomic E-state index is 11.8. The Morgan fingerprint density at radius 2 is 2.41 bits per heavy atom. The molecule has 0 aliphatic carbocycles. The highest BCUT2D eigenvalue weighted by molar-refractivity contribution is 5.73. The van der Waals surface area contributed by atoms with Crippen molar-refractivity contribution in [3.8, 4) is 5.75 Å². The lowest BCUT2D eigenvalue weighted by Crippen LogP contribution is -2.28. The van der Waals surface area contributed by atoms with E-state index in [1.165, 1.54) is 0 Å². The standard InChI is InChI=1S/C13H17NO3/c1-4-16-13(15)8(2)11-9(3)17-10-6-5-7-14-12(10)11/h5-9,11H,4H2,1-3H3/t8-,9+,11+/m0/s1. The molecule has 1 aromatic rings. The average Bonchev–Trinajstić information content (AvgIpc) is 2.64. The van der Waals surface area contributed by atoms with Crippen LogP contribution in [0.1, 0.15) is 32.4 Å². The van der Waals surface area contributed by atoms with Crippen molar-refractivity contribution in [3.63, 3.8) is 0 Å². The molecule has 4 nitrogen and oxygen atoms in total. The molecule has 2 heterocycles. The highest BCUT2D eigenvalue weighted by atomic mass is 16.5. The predicted octanol–water partition coefficient (Wildman–Crippen LogP) is 2.15. The minimum atomic E-state index is -0.235. The van der Waals surface area contributed by atoms with Crippen LogP contribution in [0.5, 0.6) is 5.75 Å². The topological polar surface area (TPSA) is 48.4 Å². The van der Waals surface area contributed by atoms with Crippen LogP contribution in [0.4, 0.5) is 0 Å². The van der Waals surface area contributed by atoms with Crippen molar-refractivity contribution in [2.24, 2.45) is 5.92 Å². The summed E-state index contributed by atoms with van der Waals surface area (Å²) >= 11 is 0. The molecule has 0 unspecified atom stereocenters. The summed E-state index contributed by atoms with van der Waals surface area (Å²) in [5.74, 6) is 0.332. The average molecular weight is 235 g/mol. The van der Waals surface area contributed by atoms with Crippen molar-refractivity contribution in [2.45, 2.75) is 32.8 Å². The zero-order valence-electron chi connectivity index (χ0n) is 10.3.